The molecule has 0 saturated heterocycles. The van der Waals surface area contributed by atoms with Crippen molar-refractivity contribution in [2.45, 2.75) is 20.3 Å². The summed E-state index contributed by atoms with van der Waals surface area (Å²) in [6.07, 6.45) is 2.82. The zero-order chi connectivity index (χ0) is 11.5. The number of hydrogen-bond acceptors (Lipinski definition) is 3. The minimum atomic E-state index is 0.0189. The van der Waals surface area contributed by atoms with Gasteiger partial charge in [0.1, 0.15) is 0 Å². The predicted molar refractivity (Wildman–Crippen MR) is 61.8 cm³/mol. The second kappa shape index (κ2) is 9.68. The fraction of sp³-hybridized carbons (Fsp3) is 0.727. The number of amides is 1. The average molecular weight is 214 g/mol. The van der Waals surface area contributed by atoms with Gasteiger partial charge in [0.25, 0.3) is 0 Å². The van der Waals surface area contributed by atoms with Crippen molar-refractivity contribution in [2.75, 3.05) is 33.4 Å². The van der Waals surface area contributed by atoms with Crippen LogP contribution in [0.4, 0.5) is 0 Å². The molecule has 0 heterocycles. The summed E-state index contributed by atoms with van der Waals surface area (Å²) in [5, 5.41) is 5.99. The van der Waals surface area contributed by atoms with E-state index >= 15 is 0 Å². The lowest BCUT2D eigenvalue weighted by Crippen LogP contribution is -2.33. The highest BCUT2D eigenvalue weighted by Gasteiger charge is 2.00. The first-order valence-corrected chi connectivity index (χ1v) is 5.37. The first-order chi connectivity index (χ1) is 7.22. The molecule has 0 aromatic rings. The summed E-state index contributed by atoms with van der Waals surface area (Å²) in [6.45, 7) is 6.78. The van der Waals surface area contributed by atoms with Crippen molar-refractivity contribution in [1.82, 2.24) is 10.6 Å². The normalized spacial score (nSPS) is 11.5. The summed E-state index contributed by atoms with van der Waals surface area (Å²) in [4.78, 5) is 11.4. The van der Waals surface area contributed by atoms with Crippen molar-refractivity contribution in [3.8, 4) is 0 Å². The van der Waals surface area contributed by atoms with E-state index in [2.05, 4.69) is 10.6 Å². The molecule has 1 amide bonds. The van der Waals surface area contributed by atoms with Crippen LogP contribution in [0.5, 0.6) is 0 Å². The van der Waals surface area contributed by atoms with Gasteiger partial charge in [-0.1, -0.05) is 13.0 Å². The van der Waals surface area contributed by atoms with Crippen LogP contribution >= 0.6 is 0 Å². The van der Waals surface area contributed by atoms with Crippen molar-refractivity contribution in [3.05, 3.63) is 11.6 Å². The van der Waals surface area contributed by atoms with Crippen molar-refractivity contribution < 1.29 is 9.53 Å². The molecule has 0 saturated carbocycles. The minimum Gasteiger partial charge on any atom is -0.383 e. The molecule has 0 radical (unpaired) electrons. The van der Waals surface area contributed by atoms with Crippen LogP contribution in [-0.4, -0.2) is 39.3 Å². The van der Waals surface area contributed by atoms with E-state index in [0.717, 1.165) is 25.1 Å². The number of hydrogen-bond donors (Lipinski definition) is 2. The first-order valence-electron chi connectivity index (χ1n) is 5.37. The molecule has 0 fully saturated rings. The Morgan fingerprint density at radius 3 is 2.67 bits per heavy atom. The molecular weight excluding hydrogens is 192 g/mol. The molecule has 88 valence electrons. The molecule has 0 unspecified atom stereocenters. The van der Waals surface area contributed by atoms with Gasteiger partial charge in [-0.05, 0) is 13.3 Å². The van der Waals surface area contributed by atoms with E-state index in [-0.39, 0.29) is 5.91 Å². The van der Waals surface area contributed by atoms with Crippen LogP contribution in [0.25, 0.3) is 0 Å². The molecule has 0 aromatic heterocycles. The third-order valence-electron chi connectivity index (χ3n) is 1.94. The number of carbonyl (C=O) groups excluding carboxylic acids is 1. The molecule has 4 nitrogen and oxygen atoms in total. The van der Waals surface area contributed by atoms with Gasteiger partial charge in [-0.3, -0.25) is 4.79 Å². The molecule has 15 heavy (non-hydrogen) atoms. The average Bonchev–Trinajstić information content (AvgIpc) is 2.23. The van der Waals surface area contributed by atoms with E-state index in [1.54, 1.807) is 7.11 Å². The Bertz CT molecular complexity index is 203. The summed E-state index contributed by atoms with van der Waals surface area (Å²) in [7, 11) is 1.67. The highest BCUT2D eigenvalue weighted by Crippen LogP contribution is 1.93. The number of rotatable bonds is 8. The van der Waals surface area contributed by atoms with Gasteiger partial charge in [0, 0.05) is 32.3 Å². The van der Waals surface area contributed by atoms with E-state index in [1.807, 2.05) is 19.9 Å². The standard InChI is InChI=1S/C11H22N2O2/c1-4-5-10(2)11(14)13-7-6-12-8-9-15-3/h5,12H,4,6-9H2,1-3H3,(H,13,14)/b10-5-. The maximum Gasteiger partial charge on any atom is 0.246 e. The Kier molecular flexibility index (Phi) is 9.11. The van der Waals surface area contributed by atoms with Crippen molar-refractivity contribution >= 4 is 5.91 Å². The summed E-state index contributed by atoms with van der Waals surface area (Å²) in [6, 6.07) is 0. The Morgan fingerprint density at radius 1 is 1.33 bits per heavy atom. The first kappa shape index (κ1) is 14.1. The molecular formula is C11H22N2O2. The molecule has 0 aliphatic carbocycles. The summed E-state index contributed by atoms with van der Waals surface area (Å²) < 4.78 is 4.88. The summed E-state index contributed by atoms with van der Waals surface area (Å²) in [5.41, 5.74) is 0.786. The summed E-state index contributed by atoms with van der Waals surface area (Å²) in [5.74, 6) is 0.0189. The van der Waals surface area contributed by atoms with E-state index < -0.39 is 0 Å². The Morgan fingerprint density at radius 2 is 2.07 bits per heavy atom. The fourth-order valence-corrected chi connectivity index (χ4v) is 1.10. The molecule has 0 atom stereocenters. The van der Waals surface area contributed by atoms with Crippen LogP contribution in [-0.2, 0) is 9.53 Å². The lowest BCUT2D eigenvalue weighted by atomic mass is 10.2. The highest BCUT2D eigenvalue weighted by atomic mass is 16.5. The number of allylic oxidation sites excluding steroid dienone is 1. The van der Waals surface area contributed by atoms with Gasteiger partial charge in [-0.25, -0.2) is 0 Å². The molecule has 0 aliphatic heterocycles. The van der Waals surface area contributed by atoms with Gasteiger partial charge < -0.3 is 15.4 Å². The van der Waals surface area contributed by atoms with Gasteiger partial charge in [-0.2, -0.15) is 0 Å². The third-order valence-corrected chi connectivity index (χ3v) is 1.94. The van der Waals surface area contributed by atoms with Gasteiger partial charge >= 0.3 is 0 Å². The van der Waals surface area contributed by atoms with Gasteiger partial charge in [0.15, 0.2) is 0 Å². The molecule has 0 bridgehead atoms. The van der Waals surface area contributed by atoms with Crippen LogP contribution in [0.15, 0.2) is 11.6 Å². The van der Waals surface area contributed by atoms with Gasteiger partial charge in [-0.15, -0.1) is 0 Å². The lowest BCUT2D eigenvalue weighted by molar-refractivity contribution is -0.117. The van der Waals surface area contributed by atoms with Crippen LogP contribution < -0.4 is 10.6 Å². The van der Waals surface area contributed by atoms with Gasteiger partial charge in [0.2, 0.25) is 5.91 Å². The Labute approximate surface area is 92.1 Å². The second-order valence-corrected chi connectivity index (χ2v) is 3.29. The maximum atomic E-state index is 11.4. The van der Waals surface area contributed by atoms with E-state index in [1.165, 1.54) is 0 Å². The minimum absolute atomic E-state index is 0.0189. The Hall–Kier alpha value is -0.870. The topological polar surface area (TPSA) is 50.4 Å². The molecule has 2 N–H and O–H groups in total. The maximum absolute atomic E-state index is 11.4. The number of carbonyl (C=O) groups is 1. The predicted octanol–water partition coefficient (Wildman–Crippen LogP) is 0.695. The zero-order valence-electron chi connectivity index (χ0n) is 9.93. The van der Waals surface area contributed by atoms with Gasteiger partial charge in [0.05, 0.1) is 6.61 Å². The summed E-state index contributed by atoms with van der Waals surface area (Å²) >= 11 is 0. The quantitative estimate of drug-likeness (QED) is 0.462. The Balaban J connectivity index is 3.43. The number of nitrogens with one attached hydrogen (secondary N) is 2. The highest BCUT2D eigenvalue weighted by molar-refractivity contribution is 5.92. The largest absolute Gasteiger partial charge is 0.383 e. The SMILES string of the molecule is CC/C=C(/C)C(=O)NCCNCCOC. The molecule has 0 aliphatic rings. The number of methoxy groups -OCH3 is 1. The van der Waals surface area contributed by atoms with Crippen LogP contribution in [0.2, 0.25) is 0 Å². The number of ether oxygens (including phenoxy) is 1. The zero-order valence-corrected chi connectivity index (χ0v) is 9.93. The monoisotopic (exact) mass is 214 g/mol. The van der Waals surface area contributed by atoms with Crippen molar-refractivity contribution in [1.29, 1.82) is 0 Å². The smallest absolute Gasteiger partial charge is 0.246 e. The molecule has 0 rings (SSSR count). The lowest BCUT2D eigenvalue weighted by Gasteiger charge is -2.06. The van der Waals surface area contributed by atoms with Crippen LogP contribution in [0.3, 0.4) is 0 Å². The fourth-order valence-electron chi connectivity index (χ4n) is 1.10. The van der Waals surface area contributed by atoms with E-state index in [4.69, 9.17) is 4.74 Å². The van der Waals surface area contributed by atoms with Crippen molar-refractivity contribution in [3.63, 3.8) is 0 Å². The molecule has 4 heteroatoms. The van der Waals surface area contributed by atoms with Crippen LogP contribution in [0.1, 0.15) is 20.3 Å². The van der Waals surface area contributed by atoms with Crippen LogP contribution in [0, 0.1) is 0 Å². The van der Waals surface area contributed by atoms with E-state index in [0.29, 0.717) is 13.2 Å². The third kappa shape index (κ3) is 8.15. The molecule has 0 aromatic carbocycles. The molecule has 0 spiro atoms. The van der Waals surface area contributed by atoms with E-state index in [9.17, 15) is 4.79 Å². The second-order valence-electron chi connectivity index (χ2n) is 3.29. The van der Waals surface area contributed by atoms with Crippen molar-refractivity contribution in [2.24, 2.45) is 0 Å².